The van der Waals surface area contributed by atoms with Crippen molar-refractivity contribution in [1.29, 1.82) is 0 Å². The van der Waals surface area contributed by atoms with Gasteiger partial charge in [-0.3, -0.25) is 4.79 Å². The third-order valence-electron chi connectivity index (χ3n) is 1.08. The Morgan fingerprint density at radius 1 is 1.60 bits per heavy atom. The van der Waals surface area contributed by atoms with E-state index in [4.69, 9.17) is 5.73 Å². The van der Waals surface area contributed by atoms with Crippen molar-refractivity contribution in [3.8, 4) is 0 Å². The largest absolute Gasteiger partial charge is 0.423 e. The molecule has 0 bridgehead atoms. The van der Waals surface area contributed by atoms with Crippen LogP contribution in [0, 0.1) is 0 Å². The van der Waals surface area contributed by atoms with Gasteiger partial charge >= 0.3 is 5.76 Å². The molecule has 2 N–H and O–H groups in total. The van der Waals surface area contributed by atoms with E-state index in [0.29, 0.717) is 0 Å². The lowest BCUT2D eigenvalue weighted by molar-refractivity contribution is 0.459. The Morgan fingerprint density at radius 2 is 2.20 bits per heavy atom. The van der Waals surface area contributed by atoms with Crippen LogP contribution in [0.4, 0.5) is 5.88 Å². The smallest absolute Gasteiger partial charge is 0.393 e. The van der Waals surface area contributed by atoms with E-state index in [-0.39, 0.29) is 5.88 Å². The third kappa shape index (κ3) is 0.928. The molecule has 0 amide bonds. The van der Waals surface area contributed by atoms with Gasteiger partial charge in [-0.2, -0.15) is 0 Å². The van der Waals surface area contributed by atoms with Crippen LogP contribution in [0.1, 0.15) is 0 Å². The number of nitrogen functional groups attached to an aromatic ring is 1. The summed E-state index contributed by atoms with van der Waals surface area (Å²) in [5, 5.41) is 0. The minimum absolute atomic E-state index is 0.159. The summed E-state index contributed by atoms with van der Waals surface area (Å²) in [6, 6.07) is 1.04. The highest BCUT2D eigenvalue weighted by Crippen LogP contribution is 1.86. The van der Waals surface area contributed by atoms with Gasteiger partial charge in [0.05, 0.1) is 6.07 Å². The molecule has 0 radical (unpaired) electrons. The van der Waals surface area contributed by atoms with Gasteiger partial charge in [-0.25, -0.2) is 9.36 Å². The second-order valence-corrected chi connectivity index (χ2v) is 1.81. The van der Waals surface area contributed by atoms with E-state index in [2.05, 4.69) is 4.42 Å². The van der Waals surface area contributed by atoms with Gasteiger partial charge in [-0.1, -0.05) is 0 Å². The van der Waals surface area contributed by atoms with E-state index in [1.54, 1.807) is 0 Å². The zero-order valence-corrected chi connectivity index (χ0v) is 5.33. The van der Waals surface area contributed by atoms with Crippen molar-refractivity contribution < 1.29 is 4.42 Å². The molecule has 1 aromatic rings. The second-order valence-electron chi connectivity index (χ2n) is 1.81. The lowest BCUT2D eigenvalue weighted by Crippen LogP contribution is -2.29. The summed E-state index contributed by atoms with van der Waals surface area (Å²) < 4.78 is 5.20. The maximum absolute atomic E-state index is 10.7. The molecule has 1 heterocycles. The van der Waals surface area contributed by atoms with Crippen LogP contribution in [0.25, 0.3) is 0 Å². The molecule has 0 fully saturated rings. The van der Waals surface area contributed by atoms with Gasteiger partial charge in [0, 0.05) is 7.05 Å². The van der Waals surface area contributed by atoms with Crippen molar-refractivity contribution in [2.45, 2.75) is 0 Å². The van der Waals surface area contributed by atoms with Gasteiger partial charge in [-0.05, 0) is 0 Å². The average molecular weight is 142 g/mol. The Labute approximate surface area is 55.7 Å². The Kier molecular flexibility index (Phi) is 1.33. The number of nitrogens with two attached hydrogens (primary N) is 1. The summed E-state index contributed by atoms with van der Waals surface area (Å²) >= 11 is 0. The molecule has 0 aromatic carbocycles. The van der Waals surface area contributed by atoms with Gasteiger partial charge in [0.25, 0.3) is 5.56 Å². The van der Waals surface area contributed by atoms with Crippen LogP contribution >= 0.6 is 0 Å². The quantitative estimate of drug-likeness (QED) is 0.499. The number of hydrogen-bond donors (Lipinski definition) is 1. The summed E-state index contributed by atoms with van der Waals surface area (Å²) in [4.78, 5) is 21.3. The Hall–Kier alpha value is -1.52. The highest BCUT2D eigenvalue weighted by atomic mass is 16.4. The minimum Gasteiger partial charge on any atom is -0.393 e. The van der Waals surface area contributed by atoms with Gasteiger partial charge in [0.1, 0.15) is 0 Å². The molecule has 10 heavy (non-hydrogen) atoms. The van der Waals surface area contributed by atoms with E-state index < -0.39 is 11.3 Å². The summed E-state index contributed by atoms with van der Waals surface area (Å²) in [6.07, 6.45) is 0. The Balaban J connectivity index is 3.62. The van der Waals surface area contributed by atoms with Crippen molar-refractivity contribution in [3.05, 3.63) is 27.0 Å². The Bertz CT molecular complexity index is 317. The molecular formula is C5H6N2O3. The number of aromatic nitrogens is 1. The maximum Gasteiger partial charge on any atom is 0.423 e. The first-order valence-corrected chi connectivity index (χ1v) is 2.58. The molecule has 1 rings (SSSR count). The van der Waals surface area contributed by atoms with Gasteiger partial charge < -0.3 is 10.2 Å². The fourth-order valence-corrected chi connectivity index (χ4v) is 0.507. The molecule has 0 atom stereocenters. The normalized spacial score (nSPS) is 9.70. The fourth-order valence-electron chi connectivity index (χ4n) is 0.507. The van der Waals surface area contributed by atoms with Gasteiger partial charge in [0.2, 0.25) is 5.88 Å². The van der Waals surface area contributed by atoms with Crippen LogP contribution in [0.15, 0.2) is 20.1 Å². The summed E-state index contributed by atoms with van der Waals surface area (Å²) in [5.41, 5.74) is 4.58. The first-order chi connectivity index (χ1) is 4.61. The molecule has 54 valence electrons. The summed E-state index contributed by atoms with van der Waals surface area (Å²) in [6.45, 7) is 0. The van der Waals surface area contributed by atoms with E-state index >= 15 is 0 Å². The molecule has 0 aliphatic carbocycles. The standard InChI is InChI=1S/C5H6N2O3/c1-7-4(8)2-3(6)10-5(7)9/h2H,6H2,1H3. The maximum atomic E-state index is 10.7. The number of rotatable bonds is 0. The van der Waals surface area contributed by atoms with Crippen LogP contribution in [0.5, 0.6) is 0 Å². The van der Waals surface area contributed by atoms with Crippen LogP contribution in [0.3, 0.4) is 0 Å². The number of hydrogen-bond acceptors (Lipinski definition) is 4. The highest BCUT2D eigenvalue weighted by Gasteiger charge is 1.97. The van der Waals surface area contributed by atoms with E-state index in [0.717, 1.165) is 10.6 Å². The molecule has 0 saturated heterocycles. The zero-order valence-electron chi connectivity index (χ0n) is 5.33. The van der Waals surface area contributed by atoms with Crippen LogP contribution in [0.2, 0.25) is 0 Å². The molecule has 1 aromatic heterocycles. The van der Waals surface area contributed by atoms with Gasteiger partial charge in [-0.15, -0.1) is 0 Å². The molecule has 0 spiro atoms. The monoisotopic (exact) mass is 142 g/mol. The number of anilines is 1. The SMILES string of the molecule is Cn1c(=O)cc(N)oc1=O. The van der Waals surface area contributed by atoms with Crippen molar-refractivity contribution in [2.24, 2.45) is 7.05 Å². The van der Waals surface area contributed by atoms with E-state index in [1.807, 2.05) is 0 Å². The zero-order chi connectivity index (χ0) is 7.72. The van der Waals surface area contributed by atoms with Crippen LogP contribution in [-0.2, 0) is 7.05 Å². The van der Waals surface area contributed by atoms with E-state index in [1.165, 1.54) is 7.05 Å². The Morgan fingerprint density at radius 3 is 2.70 bits per heavy atom. The predicted octanol–water partition coefficient (Wildman–Crippen LogP) is -1.08. The first kappa shape index (κ1) is 6.60. The molecule has 0 unspecified atom stereocenters. The van der Waals surface area contributed by atoms with Gasteiger partial charge in [0.15, 0.2) is 0 Å². The van der Waals surface area contributed by atoms with Crippen molar-refractivity contribution in [1.82, 2.24) is 4.57 Å². The lowest BCUT2D eigenvalue weighted by atomic mass is 10.6. The third-order valence-corrected chi connectivity index (χ3v) is 1.08. The highest BCUT2D eigenvalue weighted by molar-refractivity contribution is 5.18. The molecule has 0 saturated carbocycles. The topological polar surface area (TPSA) is 78.2 Å². The minimum atomic E-state index is -0.745. The van der Waals surface area contributed by atoms with Crippen LogP contribution in [-0.4, -0.2) is 4.57 Å². The molecule has 5 nitrogen and oxygen atoms in total. The summed E-state index contributed by atoms with van der Waals surface area (Å²) in [5.74, 6) is -0.905. The molecule has 0 aliphatic rings. The summed E-state index contributed by atoms with van der Waals surface area (Å²) in [7, 11) is 1.31. The average Bonchev–Trinajstić information content (AvgIpc) is 1.82. The second kappa shape index (κ2) is 2.02. The molecular weight excluding hydrogens is 136 g/mol. The predicted molar refractivity (Wildman–Crippen MR) is 34.6 cm³/mol. The molecule has 5 heteroatoms. The molecule has 0 aliphatic heterocycles. The van der Waals surface area contributed by atoms with Crippen molar-refractivity contribution in [3.63, 3.8) is 0 Å². The van der Waals surface area contributed by atoms with Crippen molar-refractivity contribution in [2.75, 3.05) is 5.73 Å². The first-order valence-electron chi connectivity index (χ1n) is 2.58. The fraction of sp³-hybridized carbons (Fsp3) is 0.200. The van der Waals surface area contributed by atoms with Crippen molar-refractivity contribution >= 4 is 5.88 Å². The number of nitrogens with zero attached hydrogens (tertiary/aromatic N) is 1. The van der Waals surface area contributed by atoms with Crippen LogP contribution < -0.4 is 17.0 Å². The van der Waals surface area contributed by atoms with E-state index in [9.17, 15) is 9.59 Å². The lowest BCUT2D eigenvalue weighted by Gasteiger charge is -1.92.